The summed E-state index contributed by atoms with van der Waals surface area (Å²) in [6.07, 6.45) is 22.7. The minimum atomic E-state index is -0.121. The maximum atomic E-state index is 12.6. The van der Waals surface area contributed by atoms with Crippen molar-refractivity contribution in [3.05, 3.63) is 12.2 Å². The Morgan fingerprint density at radius 3 is 1.97 bits per heavy atom. The average Bonchev–Trinajstić information content (AvgIpc) is 2.87. The molecule has 0 N–H and O–H groups in total. The molecule has 0 heterocycles. The molecule has 0 unspecified atom stereocenters. The molecule has 0 atom stereocenters. The van der Waals surface area contributed by atoms with Crippen LogP contribution in [0.2, 0.25) is 0 Å². The van der Waals surface area contributed by atoms with Crippen LogP contribution < -0.4 is 0 Å². The third-order valence-electron chi connectivity index (χ3n) is 6.16. The normalized spacial score (nSPS) is 11.5. The molecule has 0 fully saturated rings. The van der Waals surface area contributed by atoms with Gasteiger partial charge in [0.15, 0.2) is 0 Å². The first kappa shape index (κ1) is 35.9. The highest BCUT2D eigenvalue weighted by atomic mass is 32.2. The van der Waals surface area contributed by atoms with Crippen molar-refractivity contribution in [2.24, 2.45) is 0 Å². The first-order valence-corrected chi connectivity index (χ1v) is 16.0. The van der Waals surface area contributed by atoms with Crippen LogP contribution in [0.1, 0.15) is 123 Å². The van der Waals surface area contributed by atoms with E-state index in [9.17, 15) is 9.59 Å². The zero-order chi connectivity index (χ0) is 27.4. The Labute approximate surface area is 233 Å². The Bertz CT molecular complexity index is 558. The lowest BCUT2D eigenvalue weighted by Crippen LogP contribution is -2.30. The van der Waals surface area contributed by atoms with Gasteiger partial charge in [-0.05, 0) is 46.2 Å². The Hall–Kier alpha value is -1.05. The van der Waals surface area contributed by atoms with Crippen molar-refractivity contribution in [2.45, 2.75) is 123 Å². The van der Waals surface area contributed by atoms with E-state index < -0.39 is 0 Å². The predicted octanol–water partition coefficient (Wildman–Crippen LogP) is 8.41. The highest BCUT2D eigenvalue weighted by Gasteiger charge is 2.15. The molecule has 0 radical (unpaired) electrons. The number of hydroxylamine groups is 2. The lowest BCUT2D eigenvalue weighted by atomic mass is 10.1. The van der Waals surface area contributed by atoms with Gasteiger partial charge in [0.05, 0.1) is 19.6 Å². The van der Waals surface area contributed by atoms with Gasteiger partial charge in [-0.3, -0.25) is 14.4 Å². The Morgan fingerprint density at radius 2 is 1.30 bits per heavy atom. The summed E-state index contributed by atoms with van der Waals surface area (Å²) in [5.41, 5.74) is 0. The summed E-state index contributed by atoms with van der Waals surface area (Å²) in [7, 11) is 4.05. The molecule has 0 spiro atoms. The average molecular weight is 543 g/mol. The van der Waals surface area contributed by atoms with E-state index in [4.69, 9.17) is 9.57 Å². The molecule has 218 valence electrons. The number of hydrogen-bond donors (Lipinski definition) is 0. The summed E-state index contributed by atoms with van der Waals surface area (Å²) in [4.78, 5) is 32.4. The van der Waals surface area contributed by atoms with Gasteiger partial charge in [-0.25, -0.2) is 5.06 Å². The third-order valence-corrected chi connectivity index (χ3v) is 6.99. The lowest BCUT2D eigenvalue weighted by molar-refractivity contribution is -0.142. The number of carbonyl (C=O) groups is 2. The van der Waals surface area contributed by atoms with Gasteiger partial charge in [0.1, 0.15) is 0 Å². The van der Waals surface area contributed by atoms with E-state index in [1.807, 2.05) is 20.2 Å². The fourth-order valence-corrected chi connectivity index (χ4v) is 4.69. The quantitative estimate of drug-likeness (QED) is 0.0473. The minimum Gasteiger partial charge on any atom is -0.465 e. The predicted molar refractivity (Wildman–Crippen MR) is 159 cm³/mol. The number of rotatable bonds is 26. The molecule has 37 heavy (non-hydrogen) atoms. The SMILES string of the molecule is CCCCC/C=C\CC(=O)OCCCCCCCCON(CCCCCCCC)C(=O)SCCN(C)C. The van der Waals surface area contributed by atoms with E-state index in [1.165, 1.54) is 56.7 Å². The van der Waals surface area contributed by atoms with Crippen molar-refractivity contribution in [3.63, 3.8) is 0 Å². The molecular formula is C30H58N2O4S. The van der Waals surface area contributed by atoms with Crippen LogP contribution in [0.4, 0.5) is 4.79 Å². The van der Waals surface area contributed by atoms with Gasteiger partial charge in [0.2, 0.25) is 0 Å². The van der Waals surface area contributed by atoms with Gasteiger partial charge in [-0.2, -0.15) is 0 Å². The second-order valence-electron chi connectivity index (χ2n) is 10.1. The third kappa shape index (κ3) is 26.3. The molecule has 6 nitrogen and oxygen atoms in total. The molecule has 0 saturated carbocycles. The molecule has 0 aromatic carbocycles. The maximum Gasteiger partial charge on any atom is 0.309 e. The summed E-state index contributed by atoms with van der Waals surface area (Å²) < 4.78 is 5.31. The summed E-state index contributed by atoms with van der Waals surface area (Å²) >= 11 is 1.35. The Balaban J connectivity index is 3.87. The highest BCUT2D eigenvalue weighted by Crippen LogP contribution is 2.14. The van der Waals surface area contributed by atoms with Crippen LogP contribution >= 0.6 is 11.8 Å². The van der Waals surface area contributed by atoms with Crippen LogP contribution in [0.5, 0.6) is 0 Å². The summed E-state index contributed by atoms with van der Waals surface area (Å²) in [6, 6.07) is 0. The van der Waals surface area contributed by atoms with Crippen LogP contribution in [-0.4, -0.2) is 67.3 Å². The van der Waals surface area contributed by atoms with Crippen molar-refractivity contribution in [1.29, 1.82) is 0 Å². The monoisotopic (exact) mass is 542 g/mol. The van der Waals surface area contributed by atoms with Crippen LogP contribution in [0, 0.1) is 0 Å². The molecule has 0 aromatic rings. The lowest BCUT2D eigenvalue weighted by Gasteiger charge is -2.22. The minimum absolute atomic E-state index is 0.0388. The summed E-state index contributed by atoms with van der Waals surface area (Å²) in [5.74, 6) is 0.664. The number of allylic oxidation sites excluding steroid dienone is 1. The van der Waals surface area contributed by atoms with Crippen molar-refractivity contribution >= 4 is 23.0 Å². The molecule has 0 rings (SSSR count). The van der Waals surface area contributed by atoms with E-state index in [0.717, 1.165) is 70.1 Å². The molecular weight excluding hydrogens is 484 g/mol. The number of unbranched alkanes of at least 4 members (excludes halogenated alkanes) is 13. The molecule has 1 amide bonds. The highest BCUT2D eigenvalue weighted by molar-refractivity contribution is 8.13. The van der Waals surface area contributed by atoms with Crippen molar-refractivity contribution in [3.8, 4) is 0 Å². The zero-order valence-corrected chi connectivity index (χ0v) is 25.5. The largest absolute Gasteiger partial charge is 0.465 e. The molecule has 0 aliphatic rings. The second-order valence-corrected chi connectivity index (χ2v) is 11.2. The van der Waals surface area contributed by atoms with E-state index in [-0.39, 0.29) is 11.2 Å². The van der Waals surface area contributed by atoms with Gasteiger partial charge in [-0.15, -0.1) is 0 Å². The van der Waals surface area contributed by atoms with Crippen molar-refractivity contribution < 1.29 is 19.2 Å². The van der Waals surface area contributed by atoms with Crippen LogP contribution in [0.25, 0.3) is 0 Å². The van der Waals surface area contributed by atoms with Crippen molar-refractivity contribution in [1.82, 2.24) is 9.96 Å². The fourth-order valence-electron chi connectivity index (χ4n) is 3.77. The number of ether oxygens (including phenoxy) is 1. The molecule has 0 bridgehead atoms. The summed E-state index contributed by atoms with van der Waals surface area (Å²) in [5, 5.41) is 1.64. The molecule has 0 aliphatic carbocycles. The van der Waals surface area contributed by atoms with Gasteiger partial charge in [0.25, 0.3) is 0 Å². The fraction of sp³-hybridized carbons (Fsp3) is 0.867. The first-order valence-electron chi connectivity index (χ1n) is 15.0. The van der Waals surface area contributed by atoms with Crippen LogP contribution in [0.3, 0.4) is 0 Å². The van der Waals surface area contributed by atoms with E-state index in [0.29, 0.717) is 26.2 Å². The Morgan fingerprint density at radius 1 is 0.703 bits per heavy atom. The standard InChI is InChI=1S/C30H58N2O4S/c1-5-7-9-11-15-19-23-29(33)35-26-21-17-13-14-18-22-27-36-32(24-20-16-12-10-8-6-2)30(34)37-28-25-31(3)4/h15,19H,5-14,16-18,20-28H2,1-4H3/b19-15-. The van der Waals surface area contributed by atoms with Crippen LogP contribution in [-0.2, 0) is 14.4 Å². The first-order chi connectivity index (χ1) is 18.0. The van der Waals surface area contributed by atoms with E-state index >= 15 is 0 Å². The van der Waals surface area contributed by atoms with E-state index in [2.05, 4.69) is 24.8 Å². The number of carbonyl (C=O) groups excluding carboxylic acids is 2. The van der Waals surface area contributed by atoms with Gasteiger partial charge in [0, 0.05) is 18.8 Å². The number of thioether (sulfide) groups is 1. The summed E-state index contributed by atoms with van der Waals surface area (Å²) in [6.45, 7) is 7.11. The smallest absolute Gasteiger partial charge is 0.309 e. The molecule has 7 heteroatoms. The topological polar surface area (TPSA) is 59.1 Å². The van der Waals surface area contributed by atoms with Crippen molar-refractivity contribution in [2.75, 3.05) is 46.2 Å². The maximum absolute atomic E-state index is 12.6. The van der Waals surface area contributed by atoms with E-state index in [1.54, 1.807) is 5.06 Å². The second kappa shape index (κ2) is 28.0. The molecule has 0 saturated heterocycles. The zero-order valence-electron chi connectivity index (χ0n) is 24.6. The number of esters is 1. The number of amides is 1. The van der Waals surface area contributed by atoms with Gasteiger partial charge < -0.3 is 9.64 Å². The van der Waals surface area contributed by atoms with Gasteiger partial charge >= 0.3 is 11.2 Å². The van der Waals surface area contributed by atoms with Crippen LogP contribution in [0.15, 0.2) is 12.2 Å². The number of hydrogen-bond acceptors (Lipinski definition) is 6. The Kier molecular flexibility index (Phi) is 27.2. The van der Waals surface area contributed by atoms with Gasteiger partial charge in [-0.1, -0.05) is 108 Å². The number of nitrogens with zero attached hydrogens (tertiary/aromatic N) is 2. The molecule has 0 aromatic heterocycles. The molecule has 0 aliphatic heterocycles.